The van der Waals surface area contributed by atoms with Crippen LogP contribution in [0.1, 0.15) is 16.0 Å². The molecule has 0 saturated heterocycles. The van der Waals surface area contributed by atoms with Crippen LogP contribution in [0.3, 0.4) is 0 Å². The number of hydrogen-bond donors (Lipinski definition) is 1. The summed E-state index contributed by atoms with van der Waals surface area (Å²) in [7, 11) is 0. The molecule has 0 aliphatic heterocycles. The Hall–Kier alpha value is -1.26. The Balaban J connectivity index is 1.95. The average Bonchev–Trinajstić information content (AvgIpc) is 2.71. The maximum absolute atomic E-state index is 13.3. The lowest BCUT2D eigenvalue weighted by Gasteiger charge is -2.06. The van der Waals surface area contributed by atoms with E-state index in [9.17, 15) is 8.78 Å². The zero-order valence-electron chi connectivity index (χ0n) is 9.47. The van der Waals surface area contributed by atoms with E-state index in [0.717, 1.165) is 6.07 Å². The molecule has 17 heavy (non-hydrogen) atoms. The van der Waals surface area contributed by atoms with Crippen molar-refractivity contribution in [1.82, 2.24) is 5.32 Å². The molecule has 0 spiro atoms. The summed E-state index contributed by atoms with van der Waals surface area (Å²) in [5.41, 5.74) is 1.58. The topological polar surface area (TPSA) is 12.0 Å². The van der Waals surface area contributed by atoms with Crippen LogP contribution in [0.4, 0.5) is 8.78 Å². The van der Waals surface area contributed by atoms with Gasteiger partial charge >= 0.3 is 0 Å². The second-order valence-electron chi connectivity index (χ2n) is 3.84. The first-order chi connectivity index (χ1) is 8.18. The third-order valence-corrected chi connectivity index (χ3v) is 3.62. The normalized spacial score (nSPS) is 10.8. The van der Waals surface area contributed by atoms with Crippen molar-refractivity contribution in [1.29, 1.82) is 0 Å². The minimum absolute atomic E-state index is 0.334. The highest BCUT2D eigenvalue weighted by atomic mass is 32.1. The summed E-state index contributed by atoms with van der Waals surface area (Å²) in [5, 5.41) is 5.14. The van der Waals surface area contributed by atoms with E-state index in [1.54, 1.807) is 17.4 Å². The van der Waals surface area contributed by atoms with Gasteiger partial charge < -0.3 is 5.32 Å². The number of benzene rings is 1. The van der Waals surface area contributed by atoms with Gasteiger partial charge in [-0.2, -0.15) is 0 Å². The molecule has 2 rings (SSSR count). The lowest BCUT2D eigenvalue weighted by molar-refractivity contribution is 0.493. The van der Waals surface area contributed by atoms with Crippen LogP contribution in [0.25, 0.3) is 0 Å². The Morgan fingerprint density at radius 2 is 2.00 bits per heavy atom. The Labute approximate surface area is 103 Å². The molecule has 0 radical (unpaired) electrons. The van der Waals surface area contributed by atoms with E-state index in [0.29, 0.717) is 18.7 Å². The van der Waals surface area contributed by atoms with Gasteiger partial charge in [-0.25, -0.2) is 8.78 Å². The first-order valence-electron chi connectivity index (χ1n) is 5.35. The van der Waals surface area contributed by atoms with Crippen molar-refractivity contribution in [3.05, 3.63) is 57.3 Å². The molecular weight excluding hydrogens is 240 g/mol. The molecular formula is C13H13F2NS. The van der Waals surface area contributed by atoms with Gasteiger partial charge in [0.25, 0.3) is 0 Å². The standard InChI is InChI=1S/C13H13F2NS/c1-9-5-6-17-12(9)8-16-7-10-3-2-4-11(14)13(10)15/h2-6,16H,7-8H2,1H3. The Morgan fingerprint density at radius 1 is 1.18 bits per heavy atom. The van der Waals surface area contributed by atoms with E-state index in [1.165, 1.54) is 16.5 Å². The van der Waals surface area contributed by atoms with Crippen LogP contribution in [0.5, 0.6) is 0 Å². The van der Waals surface area contributed by atoms with E-state index >= 15 is 0 Å². The third-order valence-electron chi connectivity index (χ3n) is 2.60. The van der Waals surface area contributed by atoms with Gasteiger partial charge in [-0.1, -0.05) is 12.1 Å². The molecule has 0 aliphatic rings. The number of nitrogens with one attached hydrogen (secondary N) is 1. The zero-order valence-corrected chi connectivity index (χ0v) is 10.3. The van der Waals surface area contributed by atoms with E-state index in [4.69, 9.17) is 0 Å². The van der Waals surface area contributed by atoms with Crippen LogP contribution in [0, 0.1) is 18.6 Å². The van der Waals surface area contributed by atoms with Crippen molar-refractivity contribution in [3.8, 4) is 0 Å². The maximum atomic E-state index is 13.3. The van der Waals surface area contributed by atoms with Crippen molar-refractivity contribution in [2.24, 2.45) is 0 Å². The third kappa shape index (κ3) is 2.90. The van der Waals surface area contributed by atoms with Gasteiger partial charge in [0.15, 0.2) is 11.6 Å². The second kappa shape index (κ2) is 5.38. The highest BCUT2D eigenvalue weighted by Gasteiger charge is 2.07. The fourth-order valence-corrected chi connectivity index (χ4v) is 2.46. The Kier molecular flexibility index (Phi) is 3.86. The Bertz CT molecular complexity index is 508. The predicted molar refractivity (Wildman–Crippen MR) is 66.0 cm³/mol. The molecule has 0 bridgehead atoms. The predicted octanol–water partition coefficient (Wildman–Crippen LogP) is 3.62. The molecule has 1 aromatic heterocycles. The quantitative estimate of drug-likeness (QED) is 0.877. The maximum Gasteiger partial charge on any atom is 0.163 e. The minimum Gasteiger partial charge on any atom is -0.308 e. The summed E-state index contributed by atoms with van der Waals surface area (Å²) in [5.74, 6) is -1.56. The van der Waals surface area contributed by atoms with Crippen molar-refractivity contribution in [2.45, 2.75) is 20.0 Å². The number of hydrogen-bond acceptors (Lipinski definition) is 2. The van der Waals surface area contributed by atoms with Crippen LogP contribution in [-0.4, -0.2) is 0 Å². The van der Waals surface area contributed by atoms with Crippen molar-refractivity contribution < 1.29 is 8.78 Å². The van der Waals surface area contributed by atoms with Crippen LogP contribution >= 0.6 is 11.3 Å². The fraction of sp³-hybridized carbons (Fsp3) is 0.231. The summed E-state index contributed by atoms with van der Waals surface area (Å²) in [6, 6.07) is 6.28. The van der Waals surface area contributed by atoms with Crippen LogP contribution in [0.15, 0.2) is 29.6 Å². The van der Waals surface area contributed by atoms with Gasteiger partial charge in [-0.05, 0) is 30.0 Å². The van der Waals surface area contributed by atoms with Crippen LogP contribution in [-0.2, 0) is 13.1 Å². The molecule has 1 heterocycles. The van der Waals surface area contributed by atoms with Crippen molar-refractivity contribution in [2.75, 3.05) is 0 Å². The average molecular weight is 253 g/mol. The first kappa shape index (κ1) is 12.2. The zero-order chi connectivity index (χ0) is 12.3. The molecule has 0 saturated carbocycles. The largest absolute Gasteiger partial charge is 0.308 e. The molecule has 2 aromatic rings. The Morgan fingerprint density at radius 3 is 2.71 bits per heavy atom. The number of rotatable bonds is 4. The monoisotopic (exact) mass is 253 g/mol. The molecule has 90 valence electrons. The molecule has 0 amide bonds. The summed E-state index contributed by atoms with van der Waals surface area (Å²) >= 11 is 1.66. The second-order valence-corrected chi connectivity index (χ2v) is 4.84. The molecule has 0 aliphatic carbocycles. The summed E-state index contributed by atoms with van der Waals surface area (Å²) in [4.78, 5) is 1.22. The molecule has 1 N–H and O–H groups in total. The fourth-order valence-electron chi connectivity index (χ4n) is 1.58. The van der Waals surface area contributed by atoms with E-state index in [2.05, 4.69) is 5.32 Å². The van der Waals surface area contributed by atoms with Crippen molar-refractivity contribution >= 4 is 11.3 Å². The van der Waals surface area contributed by atoms with E-state index in [1.807, 2.05) is 18.4 Å². The van der Waals surface area contributed by atoms with Gasteiger partial charge in [0, 0.05) is 23.5 Å². The molecule has 1 aromatic carbocycles. The molecule has 0 fully saturated rings. The summed E-state index contributed by atoms with van der Waals surface area (Å²) in [6.45, 7) is 3.05. The smallest absolute Gasteiger partial charge is 0.163 e. The van der Waals surface area contributed by atoms with Gasteiger partial charge in [-0.15, -0.1) is 11.3 Å². The van der Waals surface area contributed by atoms with Gasteiger partial charge in [0.05, 0.1) is 0 Å². The molecule has 1 nitrogen and oxygen atoms in total. The lowest BCUT2D eigenvalue weighted by Crippen LogP contribution is -2.13. The SMILES string of the molecule is Cc1ccsc1CNCc1cccc(F)c1F. The summed E-state index contributed by atoms with van der Waals surface area (Å²) < 4.78 is 26.3. The molecule has 0 unspecified atom stereocenters. The summed E-state index contributed by atoms with van der Waals surface area (Å²) in [6.07, 6.45) is 0. The lowest BCUT2D eigenvalue weighted by atomic mass is 10.2. The van der Waals surface area contributed by atoms with Gasteiger partial charge in [0.2, 0.25) is 0 Å². The van der Waals surface area contributed by atoms with Crippen LogP contribution < -0.4 is 5.32 Å². The first-order valence-corrected chi connectivity index (χ1v) is 6.23. The highest BCUT2D eigenvalue weighted by Crippen LogP contribution is 2.16. The molecule has 0 atom stereocenters. The minimum atomic E-state index is -0.795. The number of thiophene rings is 1. The van der Waals surface area contributed by atoms with Gasteiger partial charge in [0.1, 0.15) is 0 Å². The van der Waals surface area contributed by atoms with Crippen molar-refractivity contribution in [3.63, 3.8) is 0 Å². The highest BCUT2D eigenvalue weighted by molar-refractivity contribution is 7.10. The number of aryl methyl sites for hydroxylation is 1. The van der Waals surface area contributed by atoms with E-state index in [-0.39, 0.29) is 0 Å². The molecule has 4 heteroatoms. The van der Waals surface area contributed by atoms with E-state index < -0.39 is 11.6 Å². The van der Waals surface area contributed by atoms with Crippen LogP contribution in [0.2, 0.25) is 0 Å². The number of halogens is 2. The van der Waals surface area contributed by atoms with Gasteiger partial charge in [-0.3, -0.25) is 0 Å².